The van der Waals surface area contributed by atoms with Gasteiger partial charge in [-0.25, -0.2) is 0 Å². The molecule has 0 aliphatic rings. The van der Waals surface area contributed by atoms with Gasteiger partial charge in [0.2, 0.25) is 0 Å². The van der Waals surface area contributed by atoms with Crippen molar-refractivity contribution in [3.05, 3.63) is 24.3 Å². The average Bonchev–Trinajstić information content (AvgIpc) is 2.40. The first-order chi connectivity index (χ1) is 9.22. The first kappa shape index (κ1) is 16.2. The molecule has 0 fully saturated rings. The van der Waals surface area contributed by atoms with E-state index in [2.05, 4.69) is 29.3 Å². The number of hydrogen-bond acceptors (Lipinski definition) is 4. The number of rotatable bonds is 10. The van der Waals surface area contributed by atoms with Crippen molar-refractivity contribution in [3.63, 3.8) is 0 Å². The van der Waals surface area contributed by atoms with E-state index in [0.717, 1.165) is 25.4 Å². The predicted molar refractivity (Wildman–Crippen MR) is 86.6 cm³/mol. The zero-order valence-electron chi connectivity index (χ0n) is 12.3. The molecule has 1 aromatic rings. The number of anilines is 1. The molecule has 1 N–H and O–H groups in total. The van der Waals surface area contributed by atoms with Gasteiger partial charge in [-0.05, 0) is 56.3 Å². The van der Waals surface area contributed by atoms with Crippen molar-refractivity contribution in [2.75, 3.05) is 50.6 Å². The fourth-order valence-electron chi connectivity index (χ4n) is 1.57. The van der Waals surface area contributed by atoms with Crippen molar-refractivity contribution in [1.82, 2.24) is 4.90 Å². The molecule has 0 saturated heterocycles. The van der Waals surface area contributed by atoms with Crippen molar-refractivity contribution in [3.8, 4) is 5.75 Å². The second-order valence-electron chi connectivity index (χ2n) is 4.65. The van der Waals surface area contributed by atoms with Gasteiger partial charge in [-0.3, -0.25) is 0 Å². The Morgan fingerprint density at radius 1 is 1.21 bits per heavy atom. The topological polar surface area (TPSA) is 24.5 Å². The number of nitrogens with one attached hydrogen (secondary N) is 1. The van der Waals surface area contributed by atoms with Crippen LogP contribution in [0.15, 0.2) is 24.3 Å². The largest absolute Gasteiger partial charge is 0.492 e. The third-order valence-corrected chi connectivity index (χ3v) is 3.65. The van der Waals surface area contributed by atoms with E-state index in [0.29, 0.717) is 0 Å². The minimum absolute atomic E-state index is 0.730. The summed E-state index contributed by atoms with van der Waals surface area (Å²) in [7, 11) is 4.10. The SMILES string of the molecule is CCSCCCNc1ccc(OCCN(C)C)cc1. The van der Waals surface area contributed by atoms with Crippen LogP contribution in [0.1, 0.15) is 13.3 Å². The van der Waals surface area contributed by atoms with Gasteiger partial charge in [0.1, 0.15) is 12.4 Å². The van der Waals surface area contributed by atoms with Gasteiger partial charge in [0.05, 0.1) is 0 Å². The quantitative estimate of drug-likeness (QED) is 0.666. The van der Waals surface area contributed by atoms with Gasteiger partial charge < -0.3 is 15.0 Å². The molecular formula is C15H26N2OS. The van der Waals surface area contributed by atoms with Crippen molar-refractivity contribution in [1.29, 1.82) is 0 Å². The molecule has 0 amide bonds. The number of nitrogens with zero attached hydrogens (tertiary/aromatic N) is 1. The summed E-state index contributed by atoms with van der Waals surface area (Å²) in [6.45, 7) is 4.91. The van der Waals surface area contributed by atoms with Crippen molar-refractivity contribution < 1.29 is 4.74 Å². The molecule has 0 aromatic heterocycles. The van der Waals surface area contributed by atoms with Gasteiger partial charge >= 0.3 is 0 Å². The van der Waals surface area contributed by atoms with Crippen LogP contribution < -0.4 is 10.1 Å². The van der Waals surface area contributed by atoms with Crippen LogP contribution in [0.25, 0.3) is 0 Å². The Labute approximate surface area is 121 Å². The molecular weight excluding hydrogens is 256 g/mol. The van der Waals surface area contributed by atoms with Crippen LogP contribution in [-0.2, 0) is 0 Å². The summed E-state index contributed by atoms with van der Waals surface area (Å²) in [4.78, 5) is 2.12. The molecule has 3 nitrogen and oxygen atoms in total. The average molecular weight is 282 g/mol. The van der Waals surface area contributed by atoms with E-state index in [-0.39, 0.29) is 0 Å². The molecule has 1 aromatic carbocycles. The monoisotopic (exact) mass is 282 g/mol. The number of benzene rings is 1. The van der Waals surface area contributed by atoms with E-state index in [1.165, 1.54) is 23.6 Å². The Morgan fingerprint density at radius 2 is 1.95 bits per heavy atom. The molecule has 108 valence electrons. The summed E-state index contributed by atoms with van der Waals surface area (Å²) >= 11 is 1.99. The second-order valence-corrected chi connectivity index (χ2v) is 6.05. The lowest BCUT2D eigenvalue weighted by Crippen LogP contribution is -2.19. The fraction of sp³-hybridized carbons (Fsp3) is 0.600. The lowest BCUT2D eigenvalue weighted by Gasteiger charge is -2.11. The summed E-state index contributed by atoms with van der Waals surface area (Å²) in [6, 6.07) is 8.22. The minimum atomic E-state index is 0.730. The Hall–Kier alpha value is -0.870. The smallest absolute Gasteiger partial charge is 0.119 e. The highest BCUT2D eigenvalue weighted by Crippen LogP contribution is 2.15. The van der Waals surface area contributed by atoms with E-state index >= 15 is 0 Å². The van der Waals surface area contributed by atoms with E-state index in [1.54, 1.807) is 0 Å². The van der Waals surface area contributed by atoms with Crippen molar-refractivity contribution in [2.24, 2.45) is 0 Å². The molecule has 0 bridgehead atoms. The lowest BCUT2D eigenvalue weighted by molar-refractivity contribution is 0.261. The standard InChI is InChI=1S/C15H26N2OS/c1-4-19-13-5-10-16-14-6-8-15(9-7-14)18-12-11-17(2)3/h6-9,16H,4-5,10-13H2,1-3H3. The molecule has 0 atom stereocenters. The molecule has 19 heavy (non-hydrogen) atoms. The van der Waals surface area contributed by atoms with E-state index < -0.39 is 0 Å². The summed E-state index contributed by atoms with van der Waals surface area (Å²) in [6.07, 6.45) is 1.21. The van der Waals surface area contributed by atoms with E-state index in [9.17, 15) is 0 Å². The van der Waals surface area contributed by atoms with Crippen LogP contribution in [-0.4, -0.2) is 50.2 Å². The normalized spacial score (nSPS) is 10.7. The molecule has 0 saturated carbocycles. The van der Waals surface area contributed by atoms with Crippen LogP contribution in [0, 0.1) is 0 Å². The third kappa shape index (κ3) is 8.01. The number of hydrogen-bond donors (Lipinski definition) is 1. The predicted octanol–water partition coefficient (Wildman–Crippen LogP) is 3.18. The van der Waals surface area contributed by atoms with Crippen LogP contribution in [0.5, 0.6) is 5.75 Å². The van der Waals surface area contributed by atoms with Crippen LogP contribution in [0.2, 0.25) is 0 Å². The Bertz CT molecular complexity index is 327. The van der Waals surface area contributed by atoms with Crippen molar-refractivity contribution >= 4 is 17.4 Å². The third-order valence-electron chi connectivity index (χ3n) is 2.66. The molecule has 0 aliphatic carbocycles. The zero-order valence-corrected chi connectivity index (χ0v) is 13.1. The highest BCUT2D eigenvalue weighted by atomic mass is 32.2. The minimum Gasteiger partial charge on any atom is -0.492 e. The van der Waals surface area contributed by atoms with Gasteiger partial charge in [0.15, 0.2) is 0 Å². The molecule has 0 spiro atoms. The van der Waals surface area contributed by atoms with E-state index in [4.69, 9.17) is 4.74 Å². The maximum atomic E-state index is 5.66. The summed E-state index contributed by atoms with van der Waals surface area (Å²) in [5.41, 5.74) is 1.17. The molecule has 1 rings (SSSR count). The lowest BCUT2D eigenvalue weighted by atomic mass is 10.3. The van der Waals surface area contributed by atoms with Gasteiger partial charge in [0.25, 0.3) is 0 Å². The number of ether oxygens (including phenoxy) is 1. The maximum absolute atomic E-state index is 5.66. The highest BCUT2D eigenvalue weighted by Gasteiger charge is 1.96. The van der Waals surface area contributed by atoms with Crippen molar-refractivity contribution in [2.45, 2.75) is 13.3 Å². The molecule has 0 aliphatic heterocycles. The summed E-state index contributed by atoms with van der Waals surface area (Å²) in [5, 5.41) is 3.43. The van der Waals surface area contributed by atoms with Gasteiger partial charge in [-0.1, -0.05) is 6.92 Å². The first-order valence-corrected chi connectivity index (χ1v) is 8.07. The molecule has 0 unspecified atom stereocenters. The Morgan fingerprint density at radius 3 is 2.58 bits per heavy atom. The van der Waals surface area contributed by atoms with E-state index in [1.807, 2.05) is 38.0 Å². The maximum Gasteiger partial charge on any atom is 0.119 e. The van der Waals surface area contributed by atoms with Crippen LogP contribution >= 0.6 is 11.8 Å². The molecule has 0 heterocycles. The summed E-state index contributed by atoms with van der Waals surface area (Å²) in [5.74, 6) is 3.38. The van der Waals surface area contributed by atoms with Gasteiger partial charge in [-0.15, -0.1) is 0 Å². The van der Waals surface area contributed by atoms with Crippen LogP contribution in [0.4, 0.5) is 5.69 Å². The zero-order chi connectivity index (χ0) is 13.9. The first-order valence-electron chi connectivity index (χ1n) is 6.91. The van der Waals surface area contributed by atoms with Crippen LogP contribution in [0.3, 0.4) is 0 Å². The highest BCUT2D eigenvalue weighted by molar-refractivity contribution is 7.99. The number of thioether (sulfide) groups is 1. The molecule has 4 heteroatoms. The second kappa shape index (κ2) is 9.98. The number of likely N-dealkylation sites (N-methyl/N-ethyl adjacent to an activating group) is 1. The molecule has 0 radical (unpaired) electrons. The summed E-state index contributed by atoms with van der Waals surface area (Å²) < 4.78 is 5.66. The van der Waals surface area contributed by atoms with Gasteiger partial charge in [-0.2, -0.15) is 11.8 Å². The van der Waals surface area contributed by atoms with Gasteiger partial charge in [0, 0.05) is 18.8 Å². The fourth-order valence-corrected chi connectivity index (χ4v) is 2.20. The Kier molecular flexibility index (Phi) is 8.50. The Balaban J connectivity index is 2.19.